The standard InChI is InChI=1S/C22H26N4O3/c1-16-15-18-19(20(23-16)29-2)22(28)26(21(18)27)10-6-9-24-11-13-25(14-12-24)17-7-4-3-5-8-17/h3-5,7-8,15H,6,9-14H2,1-2H3. The van der Waals surface area contributed by atoms with E-state index in [1.807, 2.05) is 6.07 Å². The molecule has 0 unspecified atom stereocenters. The van der Waals surface area contributed by atoms with Crippen LogP contribution >= 0.6 is 0 Å². The molecule has 1 aromatic carbocycles. The average molecular weight is 394 g/mol. The van der Waals surface area contributed by atoms with Crippen LogP contribution in [0.15, 0.2) is 36.4 Å². The minimum absolute atomic E-state index is 0.234. The number of carbonyl (C=O) groups is 2. The van der Waals surface area contributed by atoms with E-state index in [1.54, 1.807) is 13.0 Å². The first-order valence-electron chi connectivity index (χ1n) is 10.0. The molecule has 0 bridgehead atoms. The highest BCUT2D eigenvalue weighted by Gasteiger charge is 2.38. The smallest absolute Gasteiger partial charge is 0.267 e. The number of aromatic nitrogens is 1. The largest absolute Gasteiger partial charge is 0.480 e. The summed E-state index contributed by atoms with van der Waals surface area (Å²) in [5.74, 6) is -0.316. The minimum atomic E-state index is -0.303. The van der Waals surface area contributed by atoms with E-state index < -0.39 is 0 Å². The lowest BCUT2D eigenvalue weighted by atomic mass is 10.1. The van der Waals surface area contributed by atoms with Gasteiger partial charge in [0, 0.05) is 44.1 Å². The molecule has 0 saturated carbocycles. The number of anilines is 1. The van der Waals surface area contributed by atoms with Crippen molar-refractivity contribution >= 4 is 17.5 Å². The first-order valence-corrected chi connectivity index (χ1v) is 10.0. The van der Waals surface area contributed by atoms with Crippen LogP contribution in [-0.4, -0.2) is 73.0 Å². The number of piperazine rings is 1. The van der Waals surface area contributed by atoms with E-state index in [1.165, 1.54) is 17.7 Å². The van der Waals surface area contributed by atoms with Crippen LogP contribution in [0.4, 0.5) is 5.69 Å². The van der Waals surface area contributed by atoms with E-state index in [9.17, 15) is 9.59 Å². The summed E-state index contributed by atoms with van der Waals surface area (Å²) in [5.41, 5.74) is 2.62. The summed E-state index contributed by atoms with van der Waals surface area (Å²) in [6, 6.07) is 12.1. The average Bonchev–Trinajstić information content (AvgIpc) is 2.99. The maximum absolute atomic E-state index is 12.7. The monoisotopic (exact) mass is 394 g/mol. The highest BCUT2D eigenvalue weighted by atomic mass is 16.5. The molecule has 2 aliphatic heterocycles. The summed E-state index contributed by atoms with van der Waals surface area (Å²) in [6.45, 7) is 7.00. The molecule has 0 radical (unpaired) electrons. The Bertz CT molecular complexity index is 908. The molecule has 0 N–H and O–H groups in total. The van der Waals surface area contributed by atoms with E-state index >= 15 is 0 Å². The van der Waals surface area contributed by atoms with Gasteiger partial charge >= 0.3 is 0 Å². The Morgan fingerprint density at radius 1 is 1.00 bits per heavy atom. The lowest BCUT2D eigenvalue weighted by molar-refractivity contribution is 0.0646. The second-order valence-electron chi connectivity index (χ2n) is 7.48. The van der Waals surface area contributed by atoms with Gasteiger partial charge in [0.15, 0.2) is 0 Å². The van der Waals surface area contributed by atoms with Gasteiger partial charge < -0.3 is 9.64 Å². The van der Waals surface area contributed by atoms with Gasteiger partial charge in [-0.3, -0.25) is 19.4 Å². The number of carbonyl (C=O) groups excluding carboxylic acids is 2. The van der Waals surface area contributed by atoms with Crippen LogP contribution in [0.5, 0.6) is 5.88 Å². The summed E-state index contributed by atoms with van der Waals surface area (Å²) < 4.78 is 5.23. The maximum Gasteiger partial charge on any atom is 0.267 e. The van der Waals surface area contributed by atoms with Gasteiger partial charge in [-0.25, -0.2) is 4.98 Å². The summed E-state index contributed by atoms with van der Waals surface area (Å²) >= 11 is 0. The number of nitrogens with zero attached hydrogens (tertiary/aromatic N) is 4. The predicted octanol–water partition coefficient (Wildman–Crippen LogP) is 2.21. The summed E-state index contributed by atoms with van der Waals surface area (Å²) in [4.78, 5) is 35.8. The fraction of sp³-hybridized carbons (Fsp3) is 0.409. The predicted molar refractivity (Wildman–Crippen MR) is 111 cm³/mol. The molecule has 152 valence electrons. The van der Waals surface area contributed by atoms with Gasteiger partial charge in [-0.1, -0.05) is 18.2 Å². The lowest BCUT2D eigenvalue weighted by Gasteiger charge is -2.36. The van der Waals surface area contributed by atoms with Crippen molar-refractivity contribution in [1.29, 1.82) is 0 Å². The first kappa shape index (κ1) is 19.4. The lowest BCUT2D eigenvalue weighted by Crippen LogP contribution is -2.47. The molecule has 1 aromatic heterocycles. The van der Waals surface area contributed by atoms with Crippen molar-refractivity contribution in [2.45, 2.75) is 13.3 Å². The number of fused-ring (bicyclic) bond motifs is 1. The third kappa shape index (κ3) is 3.82. The number of amides is 2. The number of imide groups is 1. The number of methoxy groups -OCH3 is 1. The third-order valence-corrected chi connectivity index (χ3v) is 5.59. The second-order valence-corrected chi connectivity index (χ2v) is 7.48. The fourth-order valence-corrected chi connectivity index (χ4v) is 4.06. The van der Waals surface area contributed by atoms with Crippen molar-refractivity contribution in [2.24, 2.45) is 0 Å². The van der Waals surface area contributed by atoms with Crippen LogP contribution in [0.1, 0.15) is 32.8 Å². The van der Waals surface area contributed by atoms with Crippen molar-refractivity contribution in [3.63, 3.8) is 0 Å². The Morgan fingerprint density at radius 2 is 1.72 bits per heavy atom. The SMILES string of the molecule is COc1nc(C)cc2c1C(=O)N(CCCN1CCN(c3ccccc3)CC1)C2=O. The van der Waals surface area contributed by atoms with Crippen LogP contribution in [0.25, 0.3) is 0 Å². The zero-order valence-electron chi connectivity index (χ0n) is 16.9. The Hall–Kier alpha value is -2.93. The van der Waals surface area contributed by atoms with Gasteiger partial charge in [-0.2, -0.15) is 0 Å². The maximum atomic E-state index is 12.7. The number of benzene rings is 1. The summed E-state index contributed by atoms with van der Waals surface area (Å²) in [6.07, 6.45) is 0.755. The zero-order valence-corrected chi connectivity index (χ0v) is 16.9. The molecule has 29 heavy (non-hydrogen) atoms. The van der Waals surface area contributed by atoms with Gasteiger partial charge in [0.2, 0.25) is 5.88 Å². The molecule has 0 aliphatic carbocycles. The molecule has 1 saturated heterocycles. The zero-order chi connectivity index (χ0) is 20.4. The molecule has 7 heteroatoms. The topological polar surface area (TPSA) is 66.0 Å². The van der Waals surface area contributed by atoms with Crippen LogP contribution < -0.4 is 9.64 Å². The van der Waals surface area contributed by atoms with Gasteiger partial charge in [0.05, 0.1) is 12.7 Å². The Kier molecular flexibility index (Phi) is 5.49. The molecule has 7 nitrogen and oxygen atoms in total. The third-order valence-electron chi connectivity index (χ3n) is 5.59. The number of ether oxygens (including phenoxy) is 1. The van der Waals surface area contributed by atoms with Crippen LogP contribution in [0.3, 0.4) is 0 Å². The molecular weight excluding hydrogens is 368 g/mol. The number of hydrogen-bond donors (Lipinski definition) is 0. The Labute approximate surface area is 170 Å². The quantitative estimate of drug-likeness (QED) is 0.700. The van der Waals surface area contributed by atoms with E-state index in [-0.39, 0.29) is 17.7 Å². The number of pyridine rings is 1. The number of aryl methyl sites for hydroxylation is 1. The molecule has 0 atom stereocenters. The van der Waals surface area contributed by atoms with Gasteiger partial charge in [-0.15, -0.1) is 0 Å². The van der Waals surface area contributed by atoms with Crippen molar-refractivity contribution in [3.8, 4) is 5.88 Å². The van der Waals surface area contributed by atoms with Gasteiger partial charge in [-0.05, 0) is 38.1 Å². The molecule has 3 heterocycles. The van der Waals surface area contributed by atoms with Gasteiger partial charge in [0.1, 0.15) is 5.56 Å². The van der Waals surface area contributed by atoms with Crippen LogP contribution in [-0.2, 0) is 0 Å². The van der Waals surface area contributed by atoms with Gasteiger partial charge in [0.25, 0.3) is 11.8 Å². The molecule has 4 rings (SSSR count). The molecule has 2 aliphatic rings. The minimum Gasteiger partial charge on any atom is -0.480 e. The number of hydrogen-bond acceptors (Lipinski definition) is 6. The summed E-state index contributed by atoms with van der Waals surface area (Å²) in [5, 5.41) is 0. The molecule has 2 amide bonds. The van der Waals surface area contributed by atoms with Crippen LogP contribution in [0.2, 0.25) is 0 Å². The van der Waals surface area contributed by atoms with Crippen molar-refractivity contribution < 1.29 is 14.3 Å². The van der Waals surface area contributed by atoms with Crippen molar-refractivity contribution in [3.05, 3.63) is 53.2 Å². The fourth-order valence-electron chi connectivity index (χ4n) is 4.06. The van der Waals surface area contributed by atoms with Crippen LogP contribution in [0, 0.1) is 6.92 Å². The van der Waals surface area contributed by atoms with Crippen molar-refractivity contribution in [1.82, 2.24) is 14.8 Å². The van der Waals surface area contributed by atoms with E-state index in [0.29, 0.717) is 23.4 Å². The Balaban J connectivity index is 1.30. The number of para-hydroxylation sites is 1. The summed E-state index contributed by atoms with van der Waals surface area (Å²) in [7, 11) is 1.47. The van der Waals surface area contributed by atoms with Crippen molar-refractivity contribution in [2.75, 3.05) is 51.3 Å². The van der Waals surface area contributed by atoms with E-state index in [4.69, 9.17) is 4.74 Å². The number of rotatable bonds is 6. The highest BCUT2D eigenvalue weighted by molar-refractivity contribution is 6.22. The molecule has 2 aromatic rings. The molecule has 0 spiro atoms. The second kappa shape index (κ2) is 8.21. The Morgan fingerprint density at radius 3 is 2.41 bits per heavy atom. The molecule has 1 fully saturated rings. The first-order chi connectivity index (χ1) is 14.1. The van der Waals surface area contributed by atoms with E-state index in [0.717, 1.165) is 39.1 Å². The highest BCUT2D eigenvalue weighted by Crippen LogP contribution is 2.30. The molecular formula is C22H26N4O3. The van der Waals surface area contributed by atoms with E-state index in [2.05, 4.69) is 39.0 Å². The normalized spacial score (nSPS) is 17.0.